The van der Waals surface area contributed by atoms with Gasteiger partial charge in [-0.1, -0.05) is 11.6 Å². The Morgan fingerprint density at radius 3 is 2.30 bits per heavy atom. The van der Waals surface area contributed by atoms with Gasteiger partial charge in [-0.2, -0.15) is 0 Å². The third-order valence-corrected chi connectivity index (χ3v) is 1.22. The third-order valence-electron chi connectivity index (χ3n) is 1.22. The molecular weight excluding hydrogens is 128 g/mol. The van der Waals surface area contributed by atoms with Crippen LogP contribution >= 0.6 is 0 Å². The minimum absolute atomic E-state index is 0.169. The van der Waals surface area contributed by atoms with Gasteiger partial charge >= 0.3 is 0 Å². The second-order valence-electron chi connectivity index (χ2n) is 2.64. The van der Waals surface area contributed by atoms with Crippen molar-refractivity contribution in [3.8, 4) is 0 Å². The average Bonchev–Trinajstić information content (AvgIpc) is 1.82. The SMILES string of the molecule is CC(=O)C(O)CC=C(C)C. The molecule has 0 rings (SSSR count). The summed E-state index contributed by atoms with van der Waals surface area (Å²) >= 11 is 0. The first-order valence-corrected chi connectivity index (χ1v) is 3.36. The Kier molecular flexibility index (Phi) is 3.96. The molecule has 58 valence electrons. The predicted octanol–water partition coefficient (Wildman–Crippen LogP) is 1.29. The summed E-state index contributed by atoms with van der Waals surface area (Å²) in [5, 5.41) is 8.98. The molecule has 0 fully saturated rings. The summed E-state index contributed by atoms with van der Waals surface area (Å²) in [6, 6.07) is 0. The highest BCUT2D eigenvalue weighted by atomic mass is 16.3. The summed E-state index contributed by atoms with van der Waals surface area (Å²) < 4.78 is 0. The molecule has 10 heavy (non-hydrogen) atoms. The van der Waals surface area contributed by atoms with Gasteiger partial charge in [0.25, 0.3) is 0 Å². The van der Waals surface area contributed by atoms with Gasteiger partial charge in [-0.25, -0.2) is 0 Å². The monoisotopic (exact) mass is 142 g/mol. The normalized spacial score (nSPS) is 12.4. The Bertz CT molecular complexity index is 143. The molecule has 0 aromatic carbocycles. The topological polar surface area (TPSA) is 37.3 Å². The van der Waals surface area contributed by atoms with Crippen molar-refractivity contribution in [1.29, 1.82) is 0 Å². The van der Waals surface area contributed by atoms with E-state index in [1.165, 1.54) is 6.92 Å². The van der Waals surface area contributed by atoms with E-state index in [1.807, 2.05) is 19.9 Å². The quantitative estimate of drug-likeness (QED) is 0.603. The molecule has 0 aliphatic carbocycles. The van der Waals surface area contributed by atoms with E-state index in [4.69, 9.17) is 5.11 Å². The van der Waals surface area contributed by atoms with Crippen molar-refractivity contribution in [2.45, 2.75) is 33.3 Å². The number of Topliss-reactive ketones (excluding diaryl/α,β-unsaturated/α-hetero) is 1. The smallest absolute Gasteiger partial charge is 0.158 e. The van der Waals surface area contributed by atoms with Gasteiger partial charge in [0, 0.05) is 0 Å². The first-order valence-electron chi connectivity index (χ1n) is 3.36. The van der Waals surface area contributed by atoms with Crippen LogP contribution in [0.3, 0.4) is 0 Å². The number of rotatable bonds is 3. The zero-order valence-corrected chi connectivity index (χ0v) is 6.72. The molecule has 1 unspecified atom stereocenters. The second kappa shape index (κ2) is 4.23. The van der Waals surface area contributed by atoms with E-state index < -0.39 is 6.10 Å². The molecule has 0 saturated heterocycles. The molecule has 0 saturated carbocycles. The molecule has 0 aliphatic heterocycles. The molecule has 0 spiro atoms. The standard InChI is InChI=1S/C8H14O2/c1-6(2)4-5-8(10)7(3)9/h4,8,10H,5H2,1-3H3. The summed E-state index contributed by atoms with van der Waals surface area (Å²) in [7, 11) is 0. The number of hydrogen-bond donors (Lipinski definition) is 1. The van der Waals surface area contributed by atoms with Crippen molar-refractivity contribution in [2.24, 2.45) is 0 Å². The van der Waals surface area contributed by atoms with E-state index in [2.05, 4.69) is 0 Å². The molecule has 0 heterocycles. The van der Waals surface area contributed by atoms with E-state index in [9.17, 15) is 4.79 Å². The number of ketones is 1. The van der Waals surface area contributed by atoms with Crippen LogP contribution < -0.4 is 0 Å². The average molecular weight is 142 g/mol. The van der Waals surface area contributed by atoms with Gasteiger partial charge in [-0.3, -0.25) is 4.79 Å². The lowest BCUT2D eigenvalue weighted by Crippen LogP contribution is -2.15. The van der Waals surface area contributed by atoms with E-state index in [1.54, 1.807) is 0 Å². The summed E-state index contributed by atoms with van der Waals surface area (Å²) in [5.74, 6) is -0.169. The summed E-state index contributed by atoms with van der Waals surface area (Å²) in [5.41, 5.74) is 1.13. The molecule has 0 amide bonds. The number of aliphatic hydroxyl groups excluding tert-OH is 1. The number of carbonyl (C=O) groups is 1. The number of carbonyl (C=O) groups excluding carboxylic acids is 1. The molecule has 0 aliphatic rings. The highest BCUT2D eigenvalue weighted by Gasteiger charge is 2.05. The summed E-state index contributed by atoms with van der Waals surface area (Å²) in [4.78, 5) is 10.5. The zero-order chi connectivity index (χ0) is 8.15. The van der Waals surface area contributed by atoms with Crippen molar-refractivity contribution >= 4 is 5.78 Å². The van der Waals surface area contributed by atoms with Crippen LogP contribution in [0.25, 0.3) is 0 Å². The first-order chi connectivity index (χ1) is 4.54. The van der Waals surface area contributed by atoms with Crippen molar-refractivity contribution in [2.75, 3.05) is 0 Å². The minimum Gasteiger partial charge on any atom is -0.385 e. The fraction of sp³-hybridized carbons (Fsp3) is 0.625. The first kappa shape index (κ1) is 9.37. The van der Waals surface area contributed by atoms with Crippen LogP contribution in [0.15, 0.2) is 11.6 Å². The van der Waals surface area contributed by atoms with Crippen molar-refractivity contribution < 1.29 is 9.90 Å². The largest absolute Gasteiger partial charge is 0.385 e. The van der Waals surface area contributed by atoms with E-state index in [-0.39, 0.29) is 5.78 Å². The van der Waals surface area contributed by atoms with Crippen molar-refractivity contribution in [1.82, 2.24) is 0 Å². The molecule has 0 bridgehead atoms. The summed E-state index contributed by atoms with van der Waals surface area (Å²) in [6.45, 7) is 5.27. The lowest BCUT2D eigenvalue weighted by Gasteiger charge is -2.01. The van der Waals surface area contributed by atoms with Crippen LogP contribution in [0, 0.1) is 0 Å². The Hall–Kier alpha value is -0.630. The van der Waals surface area contributed by atoms with Gasteiger partial charge < -0.3 is 5.11 Å². The molecule has 0 aromatic rings. The van der Waals surface area contributed by atoms with Crippen molar-refractivity contribution in [3.05, 3.63) is 11.6 Å². The van der Waals surface area contributed by atoms with Crippen LogP contribution in [-0.2, 0) is 4.79 Å². The van der Waals surface area contributed by atoms with Gasteiger partial charge in [0.05, 0.1) is 0 Å². The highest BCUT2D eigenvalue weighted by molar-refractivity contribution is 5.80. The number of hydrogen-bond acceptors (Lipinski definition) is 2. The van der Waals surface area contributed by atoms with Crippen LogP contribution in [0.4, 0.5) is 0 Å². The molecule has 0 radical (unpaired) electrons. The fourth-order valence-corrected chi connectivity index (χ4v) is 0.513. The maximum absolute atomic E-state index is 10.5. The Balaban J connectivity index is 3.70. The van der Waals surface area contributed by atoms with Gasteiger partial charge in [-0.05, 0) is 27.2 Å². The van der Waals surface area contributed by atoms with Crippen molar-refractivity contribution in [3.63, 3.8) is 0 Å². The molecule has 1 N–H and O–H groups in total. The van der Waals surface area contributed by atoms with E-state index in [0.717, 1.165) is 5.57 Å². The highest BCUT2D eigenvalue weighted by Crippen LogP contribution is 1.98. The van der Waals surface area contributed by atoms with E-state index in [0.29, 0.717) is 6.42 Å². The predicted molar refractivity (Wildman–Crippen MR) is 40.7 cm³/mol. The molecule has 2 heteroatoms. The molecule has 0 aromatic heterocycles. The van der Waals surface area contributed by atoms with Crippen LogP contribution in [-0.4, -0.2) is 17.0 Å². The second-order valence-corrected chi connectivity index (χ2v) is 2.64. The van der Waals surface area contributed by atoms with Gasteiger partial charge in [0.2, 0.25) is 0 Å². The lowest BCUT2D eigenvalue weighted by atomic mass is 10.1. The zero-order valence-electron chi connectivity index (χ0n) is 6.72. The Labute approximate surface area is 61.6 Å². The minimum atomic E-state index is -0.810. The van der Waals surface area contributed by atoms with Crippen LogP contribution in [0.5, 0.6) is 0 Å². The summed E-state index contributed by atoms with van der Waals surface area (Å²) in [6.07, 6.45) is 1.49. The number of allylic oxidation sites excluding steroid dienone is 1. The van der Waals surface area contributed by atoms with Crippen LogP contribution in [0.2, 0.25) is 0 Å². The lowest BCUT2D eigenvalue weighted by molar-refractivity contribution is -0.124. The maximum Gasteiger partial charge on any atom is 0.158 e. The third kappa shape index (κ3) is 4.27. The Morgan fingerprint density at radius 1 is 1.50 bits per heavy atom. The maximum atomic E-state index is 10.5. The molecule has 1 atom stereocenters. The van der Waals surface area contributed by atoms with Crippen LogP contribution in [0.1, 0.15) is 27.2 Å². The van der Waals surface area contributed by atoms with Gasteiger partial charge in [0.15, 0.2) is 5.78 Å². The van der Waals surface area contributed by atoms with Gasteiger partial charge in [0.1, 0.15) is 6.10 Å². The van der Waals surface area contributed by atoms with E-state index >= 15 is 0 Å². The van der Waals surface area contributed by atoms with Gasteiger partial charge in [-0.15, -0.1) is 0 Å². The Morgan fingerprint density at radius 2 is 2.00 bits per heavy atom. The fourth-order valence-electron chi connectivity index (χ4n) is 0.513. The molecule has 2 nitrogen and oxygen atoms in total. The molecular formula is C8H14O2. The number of aliphatic hydroxyl groups is 1.